The maximum absolute atomic E-state index is 5.61. The van der Waals surface area contributed by atoms with Crippen LogP contribution in [0, 0.1) is 0 Å². The standard InChI is InChI=1S/C18H22N6O/c1-25-15-9-17(24(12-15)8-7-23-6-5-20-13-23)18-21-11-16(22-18)14-3-2-4-19-10-14/h2-6,10-11,13,15,17H,7-9,12H2,1H3,(H,21,22)/t15-,17+/m1/s1. The van der Waals surface area contributed by atoms with Gasteiger partial charge in [-0.1, -0.05) is 0 Å². The van der Waals surface area contributed by atoms with Crippen LogP contribution in [-0.4, -0.2) is 55.7 Å². The van der Waals surface area contributed by atoms with E-state index >= 15 is 0 Å². The van der Waals surface area contributed by atoms with Crippen molar-refractivity contribution in [3.8, 4) is 11.3 Å². The smallest absolute Gasteiger partial charge is 0.124 e. The zero-order chi connectivity index (χ0) is 17.1. The van der Waals surface area contributed by atoms with Crippen LogP contribution < -0.4 is 0 Å². The molecule has 1 fully saturated rings. The molecule has 0 amide bonds. The summed E-state index contributed by atoms with van der Waals surface area (Å²) in [5.74, 6) is 0.990. The summed E-state index contributed by atoms with van der Waals surface area (Å²) in [6.07, 6.45) is 12.4. The van der Waals surface area contributed by atoms with E-state index in [1.165, 1.54) is 0 Å². The van der Waals surface area contributed by atoms with E-state index in [1.807, 2.05) is 43.2 Å². The lowest BCUT2D eigenvalue weighted by Gasteiger charge is -2.22. The number of aromatic amines is 1. The number of H-pyrrole nitrogens is 1. The van der Waals surface area contributed by atoms with Crippen LogP contribution in [0.2, 0.25) is 0 Å². The first-order valence-corrected chi connectivity index (χ1v) is 8.51. The molecular weight excluding hydrogens is 316 g/mol. The molecule has 1 N–H and O–H groups in total. The Labute approximate surface area is 146 Å². The molecular formula is C18H22N6O. The van der Waals surface area contributed by atoms with Crippen LogP contribution >= 0.6 is 0 Å². The predicted octanol–water partition coefficient (Wildman–Crippen LogP) is 2.13. The third-order valence-corrected chi connectivity index (χ3v) is 4.79. The van der Waals surface area contributed by atoms with Gasteiger partial charge in [0, 0.05) is 57.1 Å². The molecule has 0 radical (unpaired) electrons. The predicted molar refractivity (Wildman–Crippen MR) is 93.8 cm³/mol. The van der Waals surface area contributed by atoms with E-state index in [0.717, 1.165) is 43.1 Å². The summed E-state index contributed by atoms with van der Waals surface area (Å²) in [5.41, 5.74) is 2.05. The quantitative estimate of drug-likeness (QED) is 0.745. The maximum atomic E-state index is 5.61. The first kappa shape index (κ1) is 16.0. The van der Waals surface area contributed by atoms with Crippen molar-refractivity contribution >= 4 is 0 Å². The molecule has 4 heterocycles. The van der Waals surface area contributed by atoms with E-state index < -0.39 is 0 Å². The minimum Gasteiger partial charge on any atom is -0.380 e. The number of methoxy groups -OCH3 is 1. The number of hydrogen-bond acceptors (Lipinski definition) is 5. The highest BCUT2D eigenvalue weighted by atomic mass is 16.5. The Morgan fingerprint density at radius 2 is 2.20 bits per heavy atom. The van der Waals surface area contributed by atoms with E-state index in [-0.39, 0.29) is 12.1 Å². The number of rotatable bonds is 6. The Balaban J connectivity index is 1.51. The number of likely N-dealkylation sites (tertiary alicyclic amines) is 1. The molecule has 0 aromatic carbocycles. The lowest BCUT2D eigenvalue weighted by molar-refractivity contribution is 0.107. The summed E-state index contributed by atoms with van der Waals surface area (Å²) < 4.78 is 7.71. The first-order chi connectivity index (χ1) is 12.3. The highest BCUT2D eigenvalue weighted by molar-refractivity contribution is 5.56. The van der Waals surface area contributed by atoms with Crippen molar-refractivity contribution in [3.63, 3.8) is 0 Å². The van der Waals surface area contributed by atoms with Gasteiger partial charge in [-0.05, 0) is 18.6 Å². The SMILES string of the molecule is CO[C@@H]1C[C@@H](c2ncc(-c3cccnc3)[nH]2)N(CCn2ccnc2)C1. The van der Waals surface area contributed by atoms with Crippen LogP contribution in [0.3, 0.4) is 0 Å². The summed E-state index contributed by atoms with van der Waals surface area (Å²) in [5, 5.41) is 0. The molecule has 0 saturated carbocycles. The molecule has 3 aromatic heterocycles. The minimum absolute atomic E-state index is 0.235. The van der Waals surface area contributed by atoms with E-state index in [2.05, 4.69) is 29.4 Å². The molecule has 3 aromatic rings. The molecule has 0 bridgehead atoms. The van der Waals surface area contributed by atoms with Crippen LogP contribution in [0.25, 0.3) is 11.3 Å². The van der Waals surface area contributed by atoms with Crippen molar-refractivity contribution < 1.29 is 4.74 Å². The fourth-order valence-corrected chi connectivity index (χ4v) is 3.40. The van der Waals surface area contributed by atoms with Crippen LogP contribution in [-0.2, 0) is 11.3 Å². The lowest BCUT2D eigenvalue weighted by Crippen LogP contribution is -2.29. The van der Waals surface area contributed by atoms with Gasteiger partial charge in [0.05, 0.1) is 30.4 Å². The highest BCUT2D eigenvalue weighted by Gasteiger charge is 2.34. The summed E-state index contributed by atoms with van der Waals surface area (Å²) in [7, 11) is 1.78. The van der Waals surface area contributed by atoms with Gasteiger partial charge < -0.3 is 14.3 Å². The van der Waals surface area contributed by atoms with E-state index in [9.17, 15) is 0 Å². The van der Waals surface area contributed by atoms with E-state index in [1.54, 1.807) is 13.3 Å². The van der Waals surface area contributed by atoms with Crippen LogP contribution in [0.15, 0.2) is 49.4 Å². The van der Waals surface area contributed by atoms with Gasteiger partial charge in [-0.2, -0.15) is 0 Å². The number of nitrogens with zero attached hydrogens (tertiary/aromatic N) is 5. The average molecular weight is 338 g/mol. The second-order valence-electron chi connectivity index (χ2n) is 6.33. The molecule has 0 aliphatic carbocycles. The van der Waals surface area contributed by atoms with Crippen molar-refractivity contribution in [1.29, 1.82) is 0 Å². The topological polar surface area (TPSA) is 71.9 Å². The normalized spacial score (nSPS) is 21.0. The van der Waals surface area contributed by atoms with Crippen molar-refractivity contribution in [1.82, 2.24) is 29.4 Å². The molecule has 130 valence electrons. The van der Waals surface area contributed by atoms with Crippen molar-refractivity contribution in [2.45, 2.75) is 25.1 Å². The molecule has 1 saturated heterocycles. The number of aromatic nitrogens is 5. The van der Waals surface area contributed by atoms with Gasteiger partial charge in [-0.25, -0.2) is 9.97 Å². The van der Waals surface area contributed by atoms with Crippen LogP contribution in [0.1, 0.15) is 18.3 Å². The van der Waals surface area contributed by atoms with Gasteiger partial charge in [0.15, 0.2) is 0 Å². The number of ether oxygens (including phenoxy) is 1. The largest absolute Gasteiger partial charge is 0.380 e. The number of hydrogen-bond donors (Lipinski definition) is 1. The number of imidazole rings is 2. The summed E-state index contributed by atoms with van der Waals surface area (Å²) in [6, 6.07) is 4.20. The number of nitrogens with one attached hydrogen (secondary N) is 1. The van der Waals surface area contributed by atoms with E-state index in [0.29, 0.717) is 0 Å². The third kappa shape index (κ3) is 3.47. The van der Waals surface area contributed by atoms with Gasteiger partial charge in [0.2, 0.25) is 0 Å². The summed E-state index contributed by atoms with van der Waals surface area (Å²) in [4.78, 5) is 18.8. The molecule has 4 rings (SSSR count). The molecule has 1 aliphatic rings. The minimum atomic E-state index is 0.235. The zero-order valence-corrected chi connectivity index (χ0v) is 14.2. The number of pyridine rings is 1. The second-order valence-corrected chi connectivity index (χ2v) is 6.33. The fourth-order valence-electron chi connectivity index (χ4n) is 3.40. The van der Waals surface area contributed by atoms with Gasteiger partial charge in [0.25, 0.3) is 0 Å². The third-order valence-electron chi connectivity index (χ3n) is 4.79. The van der Waals surface area contributed by atoms with Crippen molar-refractivity contribution in [3.05, 3.63) is 55.3 Å². The molecule has 0 spiro atoms. The maximum Gasteiger partial charge on any atom is 0.124 e. The monoisotopic (exact) mass is 338 g/mol. The Morgan fingerprint density at radius 3 is 2.96 bits per heavy atom. The lowest BCUT2D eigenvalue weighted by atomic mass is 10.2. The van der Waals surface area contributed by atoms with Crippen LogP contribution in [0.4, 0.5) is 0 Å². The van der Waals surface area contributed by atoms with Gasteiger partial charge in [0.1, 0.15) is 5.82 Å². The first-order valence-electron chi connectivity index (χ1n) is 8.51. The molecule has 25 heavy (non-hydrogen) atoms. The summed E-state index contributed by atoms with van der Waals surface area (Å²) in [6.45, 7) is 2.76. The molecule has 1 aliphatic heterocycles. The highest BCUT2D eigenvalue weighted by Crippen LogP contribution is 2.32. The Bertz CT molecular complexity index is 785. The molecule has 2 atom stereocenters. The molecule has 0 unspecified atom stereocenters. The average Bonchev–Trinajstić information content (AvgIpc) is 3.40. The van der Waals surface area contributed by atoms with E-state index in [4.69, 9.17) is 4.74 Å². The summed E-state index contributed by atoms with van der Waals surface area (Å²) >= 11 is 0. The van der Waals surface area contributed by atoms with Crippen LogP contribution in [0.5, 0.6) is 0 Å². The van der Waals surface area contributed by atoms with Gasteiger partial charge in [-0.3, -0.25) is 9.88 Å². The second kappa shape index (κ2) is 7.16. The molecule has 7 nitrogen and oxygen atoms in total. The zero-order valence-electron chi connectivity index (χ0n) is 14.2. The molecule has 7 heteroatoms. The van der Waals surface area contributed by atoms with Crippen molar-refractivity contribution in [2.75, 3.05) is 20.2 Å². The Kier molecular flexibility index (Phi) is 4.58. The fraction of sp³-hybridized carbons (Fsp3) is 0.389. The van der Waals surface area contributed by atoms with Crippen molar-refractivity contribution in [2.24, 2.45) is 0 Å². The Hall–Kier alpha value is -2.51. The van der Waals surface area contributed by atoms with Gasteiger partial charge >= 0.3 is 0 Å². The van der Waals surface area contributed by atoms with Gasteiger partial charge in [-0.15, -0.1) is 0 Å². The Morgan fingerprint density at radius 1 is 1.24 bits per heavy atom.